The van der Waals surface area contributed by atoms with Crippen molar-refractivity contribution < 1.29 is 19.4 Å². The van der Waals surface area contributed by atoms with Gasteiger partial charge in [-0.3, -0.25) is 4.79 Å². The minimum absolute atomic E-state index is 0.169. The molecule has 0 aliphatic carbocycles. The van der Waals surface area contributed by atoms with E-state index in [0.29, 0.717) is 6.54 Å². The maximum absolute atomic E-state index is 12.0. The fourth-order valence-corrected chi connectivity index (χ4v) is 3.21. The number of carbonyl (C=O) groups is 2. The molecule has 2 N–H and O–H groups in total. The minimum atomic E-state index is -0.915. The highest BCUT2D eigenvalue weighted by Crippen LogP contribution is 2.29. The SMILES string of the molecule is COc1ccc(-c2ccc(CNC(=O)N(C)CC(C)C(=O)O)s2)cc1. The Balaban J connectivity index is 1.90. The predicted octanol–water partition coefficient (Wildman–Crippen LogP) is 3.29. The van der Waals surface area contributed by atoms with Gasteiger partial charge in [-0.25, -0.2) is 4.79 Å². The Morgan fingerprint density at radius 2 is 1.92 bits per heavy atom. The van der Waals surface area contributed by atoms with Crippen molar-refractivity contribution in [1.82, 2.24) is 10.2 Å². The van der Waals surface area contributed by atoms with E-state index in [0.717, 1.165) is 21.1 Å². The van der Waals surface area contributed by atoms with Crippen LogP contribution in [0.25, 0.3) is 10.4 Å². The van der Waals surface area contributed by atoms with Crippen molar-refractivity contribution >= 4 is 23.3 Å². The number of thiophene rings is 1. The summed E-state index contributed by atoms with van der Waals surface area (Å²) in [5.74, 6) is -0.701. The Kier molecular flexibility index (Phi) is 6.41. The summed E-state index contributed by atoms with van der Waals surface area (Å²) in [6.45, 7) is 2.15. The number of carboxylic acids is 1. The second-order valence-electron chi connectivity index (χ2n) is 5.77. The van der Waals surface area contributed by atoms with Crippen LogP contribution in [0.5, 0.6) is 5.75 Å². The molecule has 25 heavy (non-hydrogen) atoms. The first-order valence-electron chi connectivity index (χ1n) is 7.85. The van der Waals surface area contributed by atoms with Gasteiger partial charge in [0.1, 0.15) is 5.75 Å². The highest BCUT2D eigenvalue weighted by Gasteiger charge is 2.17. The smallest absolute Gasteiger partial charge is 0.317 e. The lowest BCUT2D eigenvalue weighted by Gasteiger charge is -2.19. The molecule has 0 aliphatic heterocycles. The molecule has 0 saturated heterocycles. The van der Waals surface area contributed by atoms with Gasteiger partial charge in [-0.2, -0.15) is 0 Å². The molecule has 1 unspecified atom stereocenters. The van der Waals surface area contributed by atoms with Crippen LogP contribution in [0.1, 0.15) is 11.8 Å². The fourth-order valence-electron chi connectivity index (χ4n) is 2.25. The van der Waals surface area contributed by atoms with E-state index >= 15 is 0 Å². The lowest BCUT2D eigenvalue weighted by molar-refractivity contribution is -0.141. The van der Waals surface area contributed by atoms with Gasteiger partial charge < -0.3 is 20.1 Å². The zero-order chi connectivity index (χ0) is 18.4. The van der Waals surface area contributed by atoms with Crippen molar-refractivity contribution in [2.75, 3.05) is 20.7 Å². The summed E-state index contributed by atoms with van der Waals surface area (Å²) in [5.41, 5.74) is 1.09. The Labute approximate surface area is 151 Å². The summed E-state index contributed by atoms with van der Waals surface area (Å²) in [4.78, 5) is 26.4. The Bertz CT molecular complexity index is 727. The summed E-state index contributed by atoms with van der Waals surface area (Å²) in [7, 11) is 3.22. The third kappa shape index (κ3) is 5.22. The number of hydrogen-bond acceptors (Lipinski definition) is 4. The molecule has 0 radical (unpaired) electrons. The van der Waals surface area contributed by atoms with Crippen LogP contribution in [0, 0.1) is 5.92 Å². The number of hydrogen-bond donors (Lipinski definition) is 2. The van der Waals surface area contributed by atoms with E-state index in [2.05, 4.69) is 5.32 Å². The van der Waals surface area contributed by atoms with Crippen molar-refractivity contribution in [2.45, 2.75) is 13.5 Å². The molecule has 2 amide bonds. The number of rotatable bonds is 7. The van der Waals surface area contributed by atoms with Gasteiger partial charge in [0.25, 0.3) is 0 Å². The van der Waals surface area contributed by atoms with Crippen LogP contribution in [0.3, 0.4) is 0 Å². The molecule has 2 rings (SSSR count). The predicted molar refractivity (Wildman–Crippen MR) is 98.0 cm³/mol. The maximum Gasteiger partial charge on any atom is 0.317 e. The molecule has 7 heteroatoms. The summed E-state index contributed by atoms with van der Waals surface area (Å²) in [5, 5.41) is 11.7. The molecule has 0 bridgehead atoms. The second kappa shape index (κ2) is 8.53. The molecule has 0 spiro atoms. The standard InChI is InChI=1S/C18H22N2O4S/c1-12(17(21)22)11-20(2)18(23)19-10-15-8-9-16(25-15)13-4-6-14(24-3)7-5-13/h4-9,12H,10-11H2,1-3H3,(H,19,23)(H,21,22). The van der Waals surface area contributed by atoms with Gasteiger partial charge in [0, 0.05) is 23.3 Å². The Morgan fingerprint density at radius 3 is 2.52 bits per heavy atom. The van der Waals surface area contributed by atoms with Crippen LogP contribution in [0.15, 0.2) is 36.4 Å². The first-order chi connectivity index (χ1) is 11.9. The highest BCUT2D eigenvalue weighted by molar-refractivity contribution is 7.15. The van der Waals surface area contributed by atoms with E-state index in [9.17, 15) is 9.59 Å². The van der Waals surface area contributed by atoms with Crippen molar-refractivity contribution in [3.63, 3.8) is 0 Å². The Morgan fingerprint density at radius 1 is 1.24 bits per heavy atom. The molecule has 134 valence electrons. The summed E-state index contributed by atoms with van der Waals surface area (Å²) in [6, 6.07) is 11.5. The zero-order valence-corrected chi connectivity index (χ0v) is 15.3. The summed E-state index contributed by atoms with van der Waals surface area (Å²) >= 11 is 1.60. The topological polar surface area (TPSA) is 78.9 Å². The van der Waals surface area contributed by atoms with Crippen LogP contribution in [0.2, 0.25) is 0 Å². The minimum Gasteiger partial charge on any atom is -0.497 e. The van der Waals surface area contributed by atoms with E-state index in [1.165, 1.54) is 4.90 Å². The molecule has 6 nitrogen and oxygen atoms in total. The van der Waals surface area contributed by atoms with Crippen LogP contribution in [-0.2, 0) is 11.3 Å². The van der Waals surface area contributed by atoms with E-state index in [4.69, 9.17) is 9.84 Å². The van der Waals surface area contributed by atoms with Crippen molar-refractivity contribution in [3.05, 3.63) is 41.3 Å². The van der Waals surface area contributed by atoms with Gasteiger partial charge in [0.15, 0.2) is 0 Å². The largest absolute Gasteiger partial charge is 0.497 e. The van der Waals surface area contributed by atoms with Crippen LogP contribution in [-0.4, -0.2) is 42.7 Å². The van der Waals surface area contributed by atoms with E-state index in [-0.39, 0.29) is 12.6 Å². The van der Waals surface area contributed by atoms with Crippen LogP contribution in [0.4, 0.5) is 4.79 Å². The molecule has 0 aliphatic rings. The van der Waals surface area contributed by atoms with Gasteiger partial charge in [-0.1, -0.05) is 6.92 Å². The van der Waals surface area contributed by atoms with E-state index in [1.807, 2.05) is 36.4 Å². The molecular formula is C18H22N2O4S. The average molecular weight is 362 g/mol. The van der Waals surface area contributed by atoms with Crippen molar-refractivity contribution in [2.24, 2.45) is 5.92 Å². The monoisotopic (exact) mass is 362 g/mol. The maximum atomic E-state index is 12.0. The first kappa shape index (κ1) is 18.8. The number of methoxy groups -OCH3 is 1. The quantitative estimate of drug-likeness (QED) is 0.792. The van der Waals surface area contributed by atoms with Crippen LogP contribution >= 0.6 is 11.3 Å². The molecule has 0 fully saturated rings. The normalized spacial score (nSPS) is 11.6. The number of urea groups is 1. The number of amides is 2. The number of nitrogens with one attached hydrogen (secondary N) is 1. The lowest BCUT2D eigenvalue weighted by atomic mass is 10.2. The molecule has 1 atom stereocenters. The fraction of sp³-hybridized carbons (Fsp3) is 0.333. The first-order valence-corrected chi connectivity index (χ1v) is 8.67. The van der Waals surface area contributed by atoms with Gasteiger partial charge in [-0.05, 0) is 42.0 Å². The lowest BCUT2D eigenvalue weighted by Crippen LogP contribution is -2.40. The molecule has 1 aromatic carbocycles. The Hall–Kier alpha value is -2.54. The van der Waals surface area contributed by atoms with Crippen LogP contribution < -0.4 is 10.1 Å². The molecular weight excluding hydrogens is 340 g/mol. The third-order valence-corrected chi connectivity index (χ3v) is 4.90. The van der Waals surface area contributed by atoms with E-state index < -0.39 is 11.9 Å². The molecule has 1 aromatic heterocycles. The van der Waals surface area contributed by atoms with Gasteiger partial charge in [0.05, 0.1) is 19.6 Å². The highest BCUT2D eigenvalue weighted by atomic mass is 32.1. The summed E-state index contributed by atoms with van der Waals surface area (Å²) < 4.78 is 5.15. The van der Waals surface area contributed by atoms with E-state index in [1.54, 1.807) is 32.4 Å². The number of carbonyl (C=O) groups excluding carboxylic acids is 1. The number of carboxylic acid groups (broad SMARTS) is 1. The number of ether oxygens (including phenoxy) is 1. The third-order valence-electron chi connectivity index (χ3n) is 3.77. The second-order valence-corrected chi connectivity index (χ2v) is 6.94. The molecule has 0 saturated carbocycles. The van der Waals surface area contributed by atoms with Crippen molar-refractivity contribution in [3.8, 4) is 16.2 Å². The zero-order valence-electron chi connectivity index (χ0n) is 14.5. The number of aliphatic carboxylic acids is 1. The summed E-state index contributed by atoms with van der Waals surface area (Å²) in [6.07, 6.45) is 0. The number of nitrogens with zero attached hydrogens (tertiary/aromatic N) is 1. The number of benzene rings is 1. The van der Waals surface area contributed by atoms with Gasteiger partial charge >= 0.3 is 12.0 Å². The molecule has 2 aromatic rings. The molecule has 1 heterocycles. The van der Waals surface area contributed by atoms with Crippen molar-refractivity contribution in [1.29, 1.82) is 0 Å². The van der Waals surface area contributed by atoms with Gasteiger partial charge in [-0.15, -0.1) is 11.3 Å². The van der Waals surface area contributed by atoms with Gasteiger partial charge in [0.2, 0.25) is 0 Å². The average Bonchev–Trinajstić information content (AvgIpc) is 3.08.